The molecule has 1 N–H and O–H groups in total. The van der Waals surface area contributed by atoms with Crippen molar-refractivity contribution in [1.82, 2.24) is 0 Å². The van der Waals surface area contributed by atoms with Crippen LogP contribution in [0.4, 0.5) is 24.5 Å². The van der Waals surface area contributed by atoms with Crippen LogP contribution >= 0.6 is 0 Å². The summed E-state index contributed by atoms with van der Waals surface area (Å²) in [5.41, 5.74) is 0.434. The minimum absolute atomic E-state index is 0.0262. The van der Waals surface area contributed by atoms with Gasteiger partial charge in [-0.1, -0.05) is 12.1 Å². The van der Waals surface area contributed by atoms with E-state index in [1.54, 1.807) is 12.1 Å². The van der Waals surface area contributed by atoms with Gasteiger partial charge in [0.25, 0.3) is 5.69 Å². The highest BCUT2D eigenvalue weighted by Gasteiger charge is 2.29. The normalized spacial score (nSPS) is 11.2. The second-order valence-electron chi connectivity index (χ2n) is 4.36. The van der Waals surface area contributed by atoms with Crippen LogP contribution in [0.2, 0.25) is 0 Å². The van der Waals surface area contributed by atoms with E-state index in [0.29, 0.717) is 11.3 Å². The number of nitrogens with zero attached hydrogens (tertiary/aromatic N) is 1. The zero-order valence-corrected chi connectivity index (χ0v) is 10.7. The van der Waals surface area contributed by atoms with Crippen molar-refractivity contribution in [2.24, 2.45) is 0 Å². The van der Waals surface area contributed by atoms with Crippen LogP contribution in [0.3, 0.4) is 0 Å². The molecule has 0 unspecified atom stereocenters. The van der Waals surface area contributed by atoms with E-state index in [9.17, 15) is 23.3 Å². The average molecular weight is 296 g/mol. The molecule has 0 amide bonds. The number of non-ortho nitro benzene ring substituents is 1. The van der Waals surface area contributed by atoms with E-state index in [1.807, 2.05) is 0 Å². The van der Waals surface area contributed by atoms with E-state index in [0.717, 1.165) is 12.1 Å². The summed E-state index contributed by atoms with van der Waals surface area (Å²) < 4.78 is 37.2. The van der Waals surface area contributed by atoms with Crippen LogP contribution in [-0.2, 0) is 12.7 Å². The van der Waals surface area contributed by atoms with Gasteiger partial charge < -0.3 is 5.32 Å². The molecule has 2 aromatic carbocycles. The highest BCUT2D eigenvalue weighted by Crippen LogP contribution is 2.29. The summed E-state index contributed by atoms with van der Waals surface area (Å²) in [5, 5.41) is 13.6. The predicted octanol–water partition coefficient (Wildman–Crippen LogP) is 4.23. The van der Waals surface area contributed by atoms with Gasteiger partial charge in [-0.05, 0) is 29.8 Å². The van der Waals surface area contributed by atoms with E-state index >= 15 is 0 Å². The third-order valence-corrected chi connectivity index (χ3v) is 2.83. The highest BCUT2D eigenvalue weighted by atomic mass is 19.4. The SMILES string of the molecule is O=[N+]([O-])c1cccc(CNc2ccc(C(F)(F)F)cc2)c1. The van der Waals surface area contributed by atoms with Crippen LogP contribution in [-0.4, -0.2) is 4.92 Å². The molecule has 21 heavy (non-hydrogen) atoms. The molecule has 0 spiro atoms. The molecule has 0 atom stereocenters. The Bertz CT molecular complexity index is 639. The number of halogens is 3. The zero-order chi connectivity index (χ0) is 15.5. The molecule has 2 aromatic rings. The number of nitro groups is 1. The highest BCUT2D eigenvalue weighted by molar-refractivity contribution is 5.46. The van der Waals surface area contributed by atoms with Gasteiger partial charge in [-0.25, -0.2) is 0 Å². The Morgan fingerprint density at radius 3 is 2.33 bits per heavy atom. The molecule has 0 saturated heterocycles. The Morgan fingerprint density at radius 1 is 1.10 bits per heavy atom. The Hall–Kier alpha value is -2.57. The molecule has 0 aliphatic heterocycles. The molecular weight excluding hydrogens is 285 g/mol. The Balaban J connectivity index is 2.03. The summed E-state index contributed by atoms with van der Waals surface area (Å²) >= 11 is 0. The van der Waals surface area contributed by atoms with Crippen molar-refractivity contribution in [3.05, 3.63) is 69.8 Å². The fourth-order valence-corrected chi connectivity index (χ4v) is 1.76. The zero-order valence-electron chi connectivity index (χ0n) is 10.7. The summed E-state index contributed by atoms with van der Waals surface area (Å²) in [4.78, 5) is 10.1. The maximum Gasteiger partial charge on any atom is 0.416 e. The summed E-state index contributed by atoms with van der Waals surface area (Å²) in [5.74, 6) is 0. The van der Waals surface area contributed by atoms with Gasteiger partial charge in [0.05, 0.1) is 10.5 Å². The number of hydrogen-bond acceptors (Lipinski definition) is 3. The lowest BCUT2D eigenvalue weighted by Crippen LogP contribution is -2.05. The molecule has 0 heterocycles. The lowest BCUT2D eigenvalue weighted by Gasteiger charge is -2.09. The largest absolute Gasteiger partial charge is 0.416 e. The van der Waals surface area contributed by atoms with Gasteiger partial charge in [-0.3, -0.25) is 10.1 Å². The maximum atomic E-state index is 12.4. The first-order valence-corrected chi connectivity index (χ1v) is 6.01. The number of anilines is 1. The summed E-state index contributed by atoms with van der Waals surface area (Å²) in [6.07, 6.45) is -4.36. The minimum Gasteiger partial charge on any atom is -0.381 e. The molecule has 4 nitrogen and oxygen atoms in total. The Labute approximate surface area is 118 Å². The number of benzene rings is 2. The van der Waals surface area contributed by atoms with Gasteiger partial charge in [-0.15, -0.1) is 0 Å². The number of alkyl halides is 3. The van der Waals surface area contributed by atoms with Crippen molar-refractivity contribution in [3.63, 3.8) is 0 Å². The molecule has 0 fully saturated rings. The average Bonchev–Trinajstić information content (AvgIpc) is 2.45. The molecule has 0 radical (unpaired) electrons. The Kier molecular flexibility index (Phi) is 4.11. The van der Waals surface area contributed by atoms with Crippen molar-refractivity contribution in [2.75, 3.05) is 5.32 Å². The first-order valence-electron chi connectivity index (χ1n) is 6.01. The summed E-state index contributed by atoms with van der Waals surface area (Å²) in [6.45, 7) is 0.285. The van der Waals surface area contributed by atoms with Gasteiger partial charge in [0.1, 0.15) is 0 Å². The van der Waals surface area contributed by atoms with Crippen LogP contribution in [0.5, 0.6) is 0 Å². The second kappa shape index (κ2) is 5.82. The quantitative estimate of drug-likeness (QED) is 0.678. The molecule has 7 heteroatoms. The molecule has 0 aliphatic rings. The standard InChI is InChI=1S/C14H11F3N2O2/c15-14(16,17)11-4-6-12(7-5-11)18-9-10-2-1-3-13(8-10)19(20)21/h1-8,18H,9H2. The van der Waals surface area contributed by atoms with E-state index in [2.05, 4.69) is 5.32 Å². The third-order valence-electron chi connectivity index (χ3n) is 2.83. The van der Waals surface area contributed by atoms with Gasteiger partial charge in [0.2, 0.25) is 0 Å². The molecule has 0 saturated carbocycles. The van der Waals surface area contributed by atoms with E-state index in [-0.39, 0.29) is 12.2 Å². The van der Waals surface area contributed by atoms with Crippen molar-refractivity contribution in [1.29, 1.82) is 0 Å². The van der Waals surface area contributed by atoms with Crippen LogP contribution in [0.25, 0.3) is 0 Å². The van der Waals surface area contributed by atoms with Crippen LogP contribution < -0.4 is 5.32 Å². The molecule has 0 aliphatic carbocycles. The van der Waals surface area contributed by atoms with Gasteiger partial charge in [0, 0.05) is 24.4 Å². The van der Waals surface area contributed by atoms with E-state index in [4.69, 9.17) is 0 Å². The summed E-state index contributed by atoms with van der Waals surface area (Å²) in [7, 11) is 0. The fraction of sp³-hybridized carbons (Fsp3) is 0.143. The van der Waals surface area contributed by atoms with Crippen molar-refractivity contribution in [2.45, 2.75) is 12.7 Å². The van der Waals surface area contributed by atoms with Gasteiger partial charge >= 0.3 is 6.18 Å². The lowest BCUT2D eigenvalue weighted by molar-refractivity contribution is -0.384. The first kappa shape index (κ1) is 14.8. The smallest absolute Gasteiger partial charge is 0.381 e. The summed E-state index contributed by atoms with van der Waals surface area (Å²) in [6, 6.07) is 10.6. The maximum absolute atomic E-state index is 12.4. The number of hydrogen-bond donors (Lipinski definition) is 1. The minimum atomic E-state index is -4.36. The van der Waals surface area contributed by atoms with Crippen molar-refractivity contribution < 1.29 is 18.1 Å². The third kappa shape index (κ3) is 3.95. The molecule has 0 bridgehead atoms. The van der Waals surface area contributed by atoms with Crippen LogP contribution in [0, 0.1) is 10.1 Å². The van der Waals surface area contributed by atoms with E-state index in [1.165, 1.54) is 24.3 Å². The van der Waals surface area contributed by atoms with Crippen molar-refractivity contribution in [3.8, 4) is 0 Å². The first-order chi connectivity index (χ1) is 9.86. The molecule has 110 valence electrons. The van der Waals surface area contributed by atoms with E-state index < -0.39 is 16.7 Å². The number of nitrogens with one attached hydrogen (secondary N) is 1. The van der Waals surface area contributed by atoms with Crippen LogP contribution in [0.15, 0.2) is 48.5 Å². The van der Waals surface area contributed by atoms with Crippen molar-refractivity contribution >= 4 is 11.4 Å². The molecule has 2 rings (SSSR count). The van der Waals surface area contributed by atoms with Crippen LogP contribution in [0.1, 0.15) is 11.1 Å². The monoisotopic (exact) mass is 296 g/mol. The molecular formula is C14H11F3N2O2. The number of rotatable bonds is 4. The van der Waals surface area contributed by atoms with Gasteiger partial charge in [0.15, 0.2) is 0 Å². The Morgan fingerprint density at radius 2 is 1.76 bits per heavy atom. The lowest BCUT2D eigenvalue weighted by atomic mass is 10.1. The topological polar surface area (TPSA) is 55.2 Å². The number of nitro benzene ring substituents is 1. The van der Waals surface area contributed by atoms with Gasteiger partial charge in [-0.2, -0.15) is 13.2 Å². The predicted molar refractivity (Wildman–Crippen MR) is 71.9 cm³/mol. The fourth-order valence-electron chi connectivity index (χ4n) is 1.76. The second-order valence-corrected chi connectivity index (χ2v) is 4.36. The molecule has 0 aromatic heterocycles.